The molecule has 0 aliphatic carbocycles. The van der Waals surface area contributed by atoms with Crippen LogP contribution in [0.5, 0.6) is 0 Å². The molecule has 2 unspecified atom stereocenters. The van der Waals surface area contributed by atoms with Gasteiger partial charge in [-0.05, 0) is 6.92 Å². The summed E-state index contributed by atoms with van der Waals surface area (Å²) in [6, 6.07) is 0. The Balaban J connectivity index is 0.000000364. The average Bonchev–Trinajstić information content (AvgIpc) is 2.62. The molecule has 0 bridgehead atoms. The maximum absolute atomic E-state index is 10.3. The summed E-state index contributed by atoms with van der Waals surface area (Å²) in [6.07, 6.45) is 3.56. The molecule has 2 atom stereocenters. The fourth-order valence-corrected chi connectivity index (χ4v) is 0.794. The van der Waals surface area contributed by atoms with Crippen molar-refractivity contribution < 1.29 is 19.4 Å². The summed E-state index contributed by atoms with van der Waals surface area (Å²) in [5, 5.41) is 7.76. The predicted octanol–water partition coefficient (Wildman–Crippen LogP) is 0.668. The Morgan fingerprint density at radius 1 is 1.64 bits per heavy atom. The second-order valence-electron chi connectivity index (χ2n) is 2.81. The zero-order valence-corrected chi connectivity index (χ0v) is 8.31. The van der Waals surface area contributed by atoms with E-state index in [0.717, 1.165) is 0 Å². The molecule has 0 amide bonds. The Morgan fingerprint density at radius 2 is 2.21 bits per heavy atom. The van der Waals surface area contributed by atoms with Gasteiger partial charge in [0.25, 0.3) is 0 Å². The van der Waals surface area contributed by atoms with Crippen LogP contribution in [0.15, 0.2) is 25.3 Å². The normalized spacial score (nSPS) is 30.0. The van der Waals surface area contributed by atoms with E-state index in [1.807, 2.05) is 0 Å². The molecule has 0 aromatic rings. The lowest BCUT2D eigenvalue weighted by Gasteiger charge is -2.13. The minimum absolute atomic E-state index is 0.0833. The minimum Gasteiger partial charge on any atom is -0.392 e. The minimum atomic E-state index is -1.04. The fourth-order valence-electron chi connectivity index (χ4n) is 0.794. The van der Waals surface area contributed by atoms with E-state index in [0.29, 0.717) is 12.9 Å². The van der Waals surface area contributed by atoms with E-state index in [9.17, 15) is 4.79 Å². The summed E-state index contributed by atoms with van der Waals surface area (Å²) in [7, 11) is 0. The van der Waals surface area contributed by atoms with Crippen LogP contribution < -0.4 is 0 Å². The molecule has 0 spiro atoms. The summed E-state index contributed by atoms with van der Waals surface area (Å²) in [6.45, 7) is 8.84. The lowest BCUT2D eigenvalue weighted by Crippen LogP contribution is -2.27. The summed E-state index contributed by atoms with van der Waals surface area (Å²) >= 11 is 0. The number of carbonyl (C=O) groups excluding carboxylic acids is 1. The third-order valence-corrected chi connectivity index (χ3v) is 1.53. The zero-order valence-electron chi connectivity index (χ0n) is 8.31. The van der Waals surface area contributed by atoms with Gasteiger partial charge in [-0.1, -0.05) is 12.2 Å². The highest BCUT2D eigenvalue weighted by Gasteiger charge is 2.35. The number of hydrogen-bond donors (Lipinski definition) is 1. The highest BCUT2D eigenvalue weighted by Crippen LogP contribution is 2.20. The quantitative estimate of drug-likeness (QED) is 0.537. The van der Waals surface area contributed by atoms with Crippen LogP contribution in [0.25, 0.3) is 0 Å². The lowest BCUT2D eigenvalue weighted by molar-refractivity contribution is -0.162. The molecule has 14 heavy (non-hydrogen) atoms. The number of hydrogen-bond acceptors (Lipinski definition) is 4. The number of rotatable bonds is 3. The Bertz CT molecular complexity index is 202. The number of aliphatic hydroxyl groups excluding tert-OH is 1. The van der Waals surface area contributed by atoms with E-state index in [1.165, 1.54) is 6.08 Å². The van der Waals surface area contributed by atoms with Crippen LogP contribution in [0, 0.1) is 0 Å². The standard InChI is InChI=1S/C7H10O3.C3H6O/c1-3-6-4-9-7(2,5-8)10-6;1-2-3-4/h3,5-6H,1,4H2,2H3;2,4H,1,3H2. The van der Waals surface area contributed by atoms with Crippen molar-refractivity contribution in [3.63, 3.8) is 0 Å². The number of aldehydes is 1. The summed E-state index contributed by atoms with van der Waals surface area (Å²) < 4.78 is 10.2. The molecule has 1 N–H and O–H groups in total. The van der Waals surface area contributed by atoms with E-state index in [2.05, 4.69) is 13.2 Å². The summed E-state index contributed by atoms with van der Waals surface area (Å²) in [5.74, 6) is -1.04. The van der Waals surface area contributed by atoms with Gasteiger partial charge in [0.15, 0.2) is 6.29 Å². The summed E-state index contributed by atoms with van der Waals surface area (Å²) in [5.41, 5.74) is 0. The van der Waals surface area contributed by atoms with Crippen molar-refractivity contribution in [3.8, 4) is 0 Å². The summed E-state index contributed by atoms with van der Waals surface area (Å²) in [4.78, 5) is 10.3. The third kappa shape index (κ3) is 4.32. The van der Waals surface area contributed by atoms with Gasteiger partial charge in [-0.3, -0.25) is 4.79 Å². The van der Waals surface area contributed by atoms with Crippen LogP contribution in [0.4, 0.5) is 0 Å². The van der Waals surface area contributed by atoms with Gasteiger partial charge in [-0.2, -0.15) is 0 Å². The second-order valence-corrected chi connectivity index (χ2v) is 2.81. The first-order valence-electron chi connectivity index (χ1n) is 4.24. The topological polar surface area (TPSA) is 55.8 Å². The Kier molecular flexibility index (Phi) is 6.03. The molecular formula is C10H16O4. The molecule has 1 heterocycles. The first-order chi connectivity index (χ1) is 6.61. The van der Waals surface area contributed by atoms with Gasteiger partial charge >= 0.3 is 0 Å². The van der Waals surface area contributed by atoms with E-state index in [-0.39, 0.29) is 12.7 Å². The van der Waals surface area contributed by atoms with Crippen LogP contribution in [0.3, 0.4) is 0 Å². The van der Waals surface area contributed by atoms with Crippen LogP contribution in [-0.4, -0.2) is 36.5 Å². The zero-order chi connectivity index (χ0) is 11.0. The van der Waals surface area contributed by atoms with Gasteiger partial charge in [-0.25, -0.2) is 0 Å². The average molecular weight is 200 g/mol. The molecule has 0 aromatic carbocycles. The lowest BCUT2D eigenvalue weighted by atomic mass is 10.4. The van der Waals surface area contributed by atoms with Crippen LogP contribution in [0.1, 0.15) is 6.92 Å². The third-order valence-electron chi connectivity index (χ3n) is 1.53. The van der Waals surface area contributed by atoms with E-state index in [4.69, 9.17) is 14.6 Å². The number of aliphatic hydroxyl groups is 1. The van der Waals surface area contributed by atoms with Gasteiger partial charge in [0.1, 0.15) is 6.10 Å². The fraction of sp³-hybridized carbons (Fsp3) is 0.500. The van der Waals surface area contributed by atoms with E-state index in [1.54, 1.807) is 13.0 Å². The van der Waals surface area contributed by atoms with E-state index < -0.39 is 5.79 Å². The van der Waals surface area contributed by atoms with Gasteiger partial charge in [-0.15, -0.1) is 13.2 Å². The number of ether oxygens (including phenoxy) is 2. The second kappa shape index (κ2) is 6.48. The molecule has 1 aliphatic heterocycles. The van der Waals surface area contributed by atoms with Crippen molar-refractivity contribution in [2.75, 3.05) is 13.2 Å². The van der Waals surface area contributed by atoms with Gasteiger partial charge in [0, 0.05) is 0 Å². The molecule has 1 rings (SSSR count). The highest BCUT2D eigenvalue weighted by atomic mass is 16.7. The largest absolute Gasteiger partial charge is 0.392 e. The molecule has 0 aromatic heterocycles. The maximum Gasteiger partial charge on any atom is 0.223 e. The van der Waals surface area contributed by atoms with Crippen molar-refractivity contribution >= 4 is 6.29 Å². The molecule has 1 fully saturated rings. The van der Waals surface area contributed by atoms with Crippen molar-refractivity contribution in [1.82, 2.24) is 0 Å². The molecule has 1 aliphatic rings. The predicted molar refractivity (Wildman–Crippen MR) is 52.8 cm³/mol. The first kappa shape index (κ1) is 13.0. The van der Waals surface area contributed by atoms with Crippen molar-refractivity contribution in [2.45, 2.75) is 18.8 Å². The van der Waals surface area contributed by atoms with Crippen molar-refractivity contribution in [2.24, 2.45) is 0 Å². The van der Waals surface area contributed by atoms with Crippen molar-refractivity contribution in [1.29, 1.82) is 0 Å². The maximum atomic E-state index is 10.3. The van der Waals surface area contributed by atoms with Crippen LogP contribution >= 0.6 is 0 Å². The first-order valence-corrected chi connectivity index (χ1v) is 4.24. The van der Waals surface area contributed by atoms with Gasteiger partial charge in [0.2, 0.25) is 5.79 Å². The monoisotopic (exact) mass is 200 g/mol. The molecule has 1 saturated heterocycles. The smallest absolute Gasteiger partial charge is 0.223 e. The Hall–Kier alpha value is -0.970. The van der Waals surface area contributed by atoms with Crippen LogP contribution in [-0.2, 0) is 14.3 Å². The molecular weight excluding hydrogens is 184 g/mol. The van der Waals surface area contributed by atoms with Crippen molar-refractivity contribution in [3.05, 3.63) is 25.3 Å². The Morgan fingerprint density at radius 3 is 2.43 bits per heavy atom. The Labute approximate surface area is 83.8 Å². The molecule has 4 heteroatoms. The van der Waals surface area contributed by atoms with E-state index >= 15 is 0 Å². The van der Waals surface area contributed by atoms with Gasteiger partial charge < -0.3 is 14.6 Å². The van der Waals surface area contributed by atoms with Gasteiger partial charge in [0.05, 0.1) is 13.2 Å². The molecule has 0 saturated carbocycles. The molecule has 4 nitrogen and oxygen atoms in total. The highest BCUT2D eigenvalue weighted by molar-refractivity contribution is 5.59. The number of carbonyl (C=O) groups is 1. The molecule has 80 valence electrons. The van der Waals surface area contributed by atoms with Crippen LogP contribution in [0.2, 0.25) is 0 Å². The SMILES string of the molecule is C=CC1COC(C)(C=O)O1.C=CCO. The molecule has 0 radical (unpaired) electrons.